The predicted molar refractivity (Wildman–Crippen MR) is 104 cm³/mol. The number of imidazole rings is 1. The summed E-state index contributed by atoms with van der Waals surface area (Å²) < 4.78 is 23.8. The van der Waals surface area contributed by atoms with E-state index in [-0.39, 0.29) is 25.0 Å². The van der Waals surface area contributed by atoms with Gasteiger partial charge in [-0.1, -0.05) is 0 Å². The van der Waals surface area contributed by atoms with Crippen LogP contribution in [0.4, 0.5) is 5.82 Å². The molecule has 1 atom stereocenters. The minimum absolute atomic E-state index is 0.0842. The summed E-state index contributed by atoms with van der Waals surface area (Å²) in [6.07, 6.45) is 2.01. The fraction of sp³-hybridized carbons (Fsp3) is 0.238. The van der Waals surface area contributed by atoms with Crippen LogP contribution in [0.25, 0.3) is 5.69 Å². The number of methoxy groups -OCH3 is 2. The first-order chi connectivity index (χ1) is 14.2. The van der Waals surface area contributed by atoms with Crippen LogP contribution in [0.2, 0.25) is 0 Å². The Morgan fingerprint density at radius 2 is 1.97 bits per heavy atom. The maximum atomic E-state index is 12.4. The van der Waals surface area contributed by atoms with E-state index in [1.807, 2.05) is 41.0 Å². The molecule has 0 aliphatic carbocycles. The molecule has 0 spiro atoms. The van der Waals surface area contributed by atoms with Crippen molar-refractivity contribution in [3.8, 4) is 28.7 Å². The Kier molecular flexibility index (Phi) is 4.04. The average molecular weight is 393 g/mol. The molecule has 0 radical (unpaired) electrons. The zero-order valence-electron chi connectivity index (χ0n) is 16.0. The molecule has 0 unspecified atom stereocenters. The van der Waals surface area contributed by atoms with Gasteiger partial charge in [-0.2, -0.15) is 0 Å². The molecular weight excluding hydrogens is 374 g/mol. The number of carbonyl (C=O) groups is 1. The average Bonchev–Trinajstić information content (AvgIpc) is 3.39. The maximum Gasteiger partial charge on any atom is 0.231 e. The number of carbonyl (C=O) groups excluding carboxylic acids is 1. The number of nitrogens with zero attached hydrogens (tertiary/aromatic N) is 2. The van der Waals surface area contributed by atoms with E-state index in [2.05, 4.69) is 10.3 Å². The smallest absolute Gasteiger partial charge is 0.231 e. The summed E-state index contributed by atoms with van der Waals surface area (Å²) in [5, 5.41) is 2.87. The Balaban J connectivity index is 1.63. The Bertz CT molecular complexity index is 1090. The van der Waals surface area contributed by atoms with Gasteiger partial charge in [0.2, 0.25) is 18.4 Å². The third kappa shape index (κ3) is 2.84. The Morgan fingerprint density at radius 3 is 2.72 bits per heavy atom. The van der Waals surface area contributed by atoms with Crippen molar-refractivity contribution in [3.05, 3.63) is 54.0 Å². The van der Waals surface area contributed by atoms with Crippen LogP contribution >= 0.6 is 0 Å². The fourth-order valence-corrected chi connectivity index (χ4v) is 3.83. The fourth-order valence-electron chi connectivity index (χ4n) is 3.83. The summed E-state index contributed by atoms with van der Waals surface area (Å²) in [5.41, 5.74) is 2.72. The molecule has 1 aromatic heterocycles. The highest BCUT2D eigenvalue weighted by Crippen LogP contribution is 2.46. The van der Waals surface area contributed by atoms with Gasteiger partial charge in [-0.15, -0.1) is 0 Å². The molecule has 0 saturated heterocycles. The first-order valence-corrected chi connectivity index (χ1v) is 9.17. The van der Waals surface area contributed by atoms with E-state index in [0.29, 0.717) is 23.1 Å². The van der Waals surface area contributed by atoms with Crippen molar-refractivity contribution in [2.24, 2.45) is 0 Å². The third-order valence-corrected chi connectivity index (χ3v) is 5.22. The van der Waals surface area contributed by atoms with Crippen molar-refractivity contribution in [3.63, 3.8) is 0 Å². The molecule has 3 heterocycles. The van der Waals surface area contributed by atoms with Gasteiger partial charge in [0.1, 0.15) is 12.1 Å². The lowest BCUT2D eigenvalue weighted by Crippen LogP contribution is -2.25. The van der Waals surface area contributed by atoms with Crippen LogP contribution in [0, 0.1) is 0 Å². The molecular formula is C21H19N3O5. The summed E-state index contributed by atoms with van der Waals surface area (Å²) in [6, 6.07) is 11.5. The number of aromatic nitrogens is 2. The minimum atomic E-state index is -0.216. The standard InChI is InChI=1S/C21H19N3O5/c1-26-14-5-3-13(4-6-14)24-10-22-21-19(24)15(9-18(25)23-21)12-7-16(27-2)20-17(8-12)28-11-29-20/h3-8,10,15H,9,11H2,1-2H3,(H,23,25)/t15-/m0/s1. The summed E-state index contributed by atoms with van der Waals surface area (Å²) in [5.74, 6) is 2.80. The van der Waals surface area contributed by atoms with Gasteiger partial charge in [0, 0.05) is 18.0 Å². The highest BCUT2D eigenvalue weighted by molar-refractivity contribution is 5.94. The van der Waals surface area contributed by atoms with Crippen molar-refractivity contribution >= 4 is 11.7 Å². The molecule has 3 aromatic rings. The second-order valence-electron chi connectivity index (χ2n) is 6.81. The van der Waals surface area contributed by atoms with E-state index in [1.54, 1.807) is 20.5 Å². The number of benzene rings is 2. The van der Waals surface area contributed by atoms with Crippen LogP contribution in [0.1, 0.15) is 23.6 Å². The Morgan fingerprint density at radius 1 is 1.14 bits per heavy atom. The molecule has 1 amide bonds. The zero-order valence-corrected chi connectivity index (χ0v) is 16.0. The van der Waals surface area contributed by atoms with E-state index in [4.69, 9.17) is 18.9 Å². The number of nitrogens with one attached hydrogen (secondary N) is 1. The SMILES string of the molecule is COc1ccc(-n2cnc3c2[C@H](c2cc(OC)c4c(c2)OCO4)CC(=O)N3)cc1. The van der Waals surface area contributed by atoms with Gasteiger partial charge in [0.05, 0.1) is 19.9 Å². The lowest BCUT2D eigenvalue weighted by molar-refractivity contribution is -0.116. The minimum Gasteiger partial charge on any atom is -0.497 e. The quantitative estimate of drug-likeness (QED) is 0.733. The number of anilines is 1. The van der Waals surface area contributed by atoms with Crippen LogP contribution in [0.15, 0.2) is 42.7 Å². The van der Waals surface area contributed by atoms with Crippen molar-refractivity contribution in [1.82, 2.24) is 9.55 Å². The maximum absolute atomic E-state index is 12.4. The van der Waals surface area contributed by atoms with Crippen LogP contribution in [-0.2, 0) is 4.79 Å². The molecule has 8 heteroatoms. The highest BCUT2D eigenvalue weighted by Gasteiger charge is 2.33. The van der Waals surface area contributed by atoms with Gasteiger partial charge in [-0.25, -0.2) is 4.98 Å². The lowest BCUT2D eigenvalue weighted by Gasteiger charge is -2.25. The monoisotopic (exact) mass is 393 g/mol. The molecule has 0 bridgehead atoms. The van der Waals surface area contributed by atoms with Crippen molar-refractivity contribution in [1.29, 1.82) is 0 Å². The lowest BCUT2D eigenvalue weighted by atomic mass is 9.89. The van der Waals surface area contributed by atoms with Crippen LogP contribution < -0.4 is 24.3 Å². The third-order valence-electron chi connectivity index (χ3n) is 5.22. The van der Waals surface area contributed by atoms with E-state index < -0.39 is 0 Å². The van der Waals surface area contributed by atoms with Crippen LogP contribution in [0.5, 0.6) is 23.0 Å². The number of fused-ring (bicyclic) bond motifs is 2. The van der Waals surface area contributed by atoms with Gasteiger partial charge in [-0.3, -0.25) is 4.79 Å². The highest BCUT2D eigenvalue weighted by atomic mass is 16.7. The molecule has 8 nitrogen and oxygen atoms in total. The van der Waals surface area contributed by atoms with Crippen molar-refractivity contribution in [2.45, 2.75) is 12.3 Å². The van der Waals surface area contributed by atoms with Gasteiger partial charge >= 0.3 is 0 Å². The molecule has 148 valence electrons. The molecule has 0 saturated carbocycles. The number of ether oxygens (including phenoxy) is 4. The van der Waals surface area contributed by atoms with E-state index in [1.165, 1.54) is 0 Å². The van der Waals surface area contributed by atoms with Crippen molar-refractivity contribution < 1.29 is 23.7 Å². The second-order valence-corrected chi connectivity index (χ2v) is 6.81. The van der Waals surface area contributed by atoms with Gasteiger partial charge in [-0.05, 0) is 42.0 Å². The molecule has 29 heavy (non-hydrogen) atoms. The summed E-state index contributed by atoms with van der Waals surface area (Å²) in [7, 11) is 3.22. The topological polar surface area (TPSA) is 83.8 Å². The first-order valence-electron chi connectivity index (χ1n) is 9.17. The first kappa shape index (κ1) is 17.4. The largest absolute Gasteiger partial charge is 0.497 e. The molecule has 5 rings (SSSR count). The molecule has 1 N–H and O–H groups in total. The van der Waals surface area contributed by atoms with E-state index >= 15 is 0 Å². The Hall–Kier alpha value is -3.68. The van der Waals surface area contributed by atoms with E-state index in [0.717, 1.165) is 22.7 Å². The van der Waals surface area contributed by atoms with Gasteiger partial charge < -0.3 is 28.8 Å². The number of hydrogen-bond donors (Lipinski definition) is 1. The number of rotatable bonds is 4. The summed E-state index contributed by atoms with van der Waals surface area (Å²) in [6.45, 7) is 0.148. The second kappa shape index (κ2) is 6.73. The molecule has 0 fully saturated rings. The predicted octanol–water partition coefficient (Wildman–Crippen LogP) is 3.09. The van der Waals surface area contributed by atoms with Crippen LogP contribution in [0.3, 0.4) is 0 Å². The van der Waals surface area contributed by atoms with Crippen molar-refractivity contribution in [2.75, 3.05) is 26.3 Å². The summed E-state index contributed by atoms with van der Waals surface area (Å²) >= 11 is 0. The number of hydrogen-bond acceptors (Lipinski definition) is 6. The van der Waals surface area contributed by atoms with Crippen LogP contribution in [-0.4, -0.2) is 36.5 Å². The summed E-state index contributed by atoms with van der Waals surface area (Å²) in [4.78, 5) is 16.8. The normalized spacial score (nSPS) is 16.9. The zero-order chi connectivity index (χ0) is 20.0. The van der Waals surface area contributed by atoms with E-state index in [9.17, 15) is 4.79 Å². The van der Waals surface area contributed by atoms with Gasteiger partial charge in [0.25, 0.3) is 0 Å². The number of amides is 1. The van der Waals surface area contributed by atoms with Gasteiger partial charge in [0.15, 0.2) is 17.3 Å². The molecule has 2 aliphatic rings. The molecule has 2 aromatic carbocycles. The molecule has 2 aliphatic heterocycles. The Labute approximate surface area is 167 Å².